The molecule has 0 radical (unpaired) electrons. The molecule has 3 aromatic rings. The molecule has 0 amide bonds. The van der Waals surface area contributed by atoms with Crippen LogP contribution >= 0.6 is 11.6 Å². The number of nitrogens with zero attached hydrogens (tertiary/aromatic N) is 1. The van der Waals surface area contributed by atoms with Gasteiger partial charge < -0.3 is 4.42 Å². The van der Waals surface area contributed by atoms with Gasteiger partial charge in [0.05, 0.1) is 33.6 Å². The molecule has 0 saturated heterocycles. The average Bonchev–Trinajstić information content (AvgIpc) is 2.63. The summed E-state index contributed by atoms with van der Waals surface area (Å²) in [6.45, 7) is 0. The first kappa shape index (κ1) is 20.7. The number of para-hydroxylation sites is 1. The van der Waals surface area contributed by atoms with Gasteiger partial charge in [-0.1, -0.05) is 23.7 Å². The van der Waals surface area contributed by atoms with Crippen LogP contribution in [0.5, 0.6) is 0 Å². The van der Waals surface area contributed by atoms with Gasteiger partial charge >= 0.3 is 18.0 Å². The molecule has 0 unspecified atom stereocenters. The summed E-state index contributed by atoms with van der Waals surface area (Å²) < 4.78 is 82.3. The Balaban J connectivity index is 1.97. The minimum atomic E-state index is -5.00. The van der Waals surface area contributed by atoms with E-state index in [9.17, 15) is 31.1 Å². The third kappa shape index (κ3) is 4.53. The summed E-state index contributed by atoms with van der Waals surface area (Å²) in [5, 5.41) is 3.89. The van der Waals surface area contributed by atoms with Crippen molar-refractivity contribution in [2.75, 3.05) is 5.43 Å². The van der Waals surface area contributed by atoms with Gasteiger partial charge in [-0.25, -0.2) is 4.79 Å². The molecular weight excluding hydrogens is 426 g/mol. The largest absolute Gasteiger partial charge is 0.422 e. The molecule has 0 saturated carbocycles. The number of hydrogen-bond donors (Lipinski definition) is 1. The molecule has 0 spiro atoms. The number of halogens is 7. The molecule has 1 aromatic heterocycles. The molecule has 0 aliphatic heterocycles. The number of anilines is 1. The van der Waals surface area contributed by atoms with Gasteiger partial charge in [0.1, 0.15) is 5.58 Å². The Kier molecular flexibility index (Phi) is 5.31. The number of fused-ring (bicyclic) bond motifs is 1. The van der Waals surface area contributed by atoms with E-state index in [2.05, 4.69) is 10.5 Å². The zero-order valence-electron chi connectivity index (χ0n) is 14.0. The second-order valence-corrected chi connectivity index (χ2v) is 6.16. The summed E-state index contributed by atoms with van der Waals surface area (Å²) in [6, 6.07) is 7.21. The zero-order valence-corrected chi connectivity index (χ0v) is 14.8. The van der Waals surface area contributed by atoms with E-state index in [1.165, 1.54) is 6.07 Å². The van der Waals surface area contributed by atoms with Crippen molar-refractivity contribution in [2.45, 2.75) is 12.4 Å². The summed E-state index contributed by atoms with van der Waals surface area (Å²) in [5.74, 6) is 0. The van der Waals surface area contributed by atoms with Crippen LogP contribution in [-0.2, 0) is 12.4 Å². The van der Waals surface area contributed by atoms with E-state index in [1.54, 1.807) is 18.2 Å². The molecule has 0 fully saturated rings. The number of hydrazone groups is 1. The Morgan fingerprint density at radius 1 is 0.966 bits per heavy atom. The highest BCUT2D eigenvalue weighted by atomic mass is 35.5. The van der Waals surface area contributed by atoms with Crippen molar-refractivity contribution in [1.29, 1.82) is 0 Å². The Bertz CT molecular complexity index is 1120. The third-order valence-electron chi connectivity index (χ3n) is 3.76. The Morgan fingerprint density at radius 2 is 1.55 bits per heavy atom. The van der Waals surface area contributed by atoms with Crippen molar-refractivity contribution in [2.24, 2.45) is 5.10 Å². The summed E-state index contributed by atoms with van der Waals surface area (Å²) in [5.41, 5.74) is -2.43. The van der Waals surface area contributed by atoms with Crippen molar-refractivity contribution >= 4 is 34.5 Å². The van der Waals surface area contributed by atoms with Gasteiger partial charge in [-0.05, 0) is 30.3 Å². The standard InChI is InChI=1S/C18H9ClF6N2O2/c19-15-12-3-1-2-4-14(12)29-16(28)13(15)8-26-27-11-6-9(17(20,21)22)5-10(7-11)18(23,24)25/h1-8,27H/b26-8+. The van der Waals surface area contributed by atoms with Crippen molar-refractivity contribution in [3.05, 3.63) is 74.6 Å². The molecule has 0 atom stereocenters. The van der Waals surface area contributed by atoms with E-state index in [-0.39, 0.29) is 22.2 Å². The smallest absolute Gasteiger partial charge is 0.416 e. The molecular formula is C18H9ClF6N2O2. The predicted molar refractivity (Wildman–Crippen MR) is 95.2 cm³/mol. The van der Waals surface area contributed by atoms with Crippen LogP contribution in [0, 0.1) is 0 Å². The lowest BCUT2D eigenvalue weighted by Gasteiger charge is -2.13. The molecule has 0 aliphatic rings. The number of rotatable bonds is 3. The predicted octanol–water partition coefficient (Wildman–Crippen LogP) is 5.93. The van der Waals surface area contributed by atoms with Crippen LogP contribution in [0.3, 0.4) is 0 Å². The maximum atomic E-state index is 12.9. The minimum absolute atomic E-state index is 0.0102. The van der Waals surface area contributed by atoms with Crippen LogP contribution in [0.2, 0.25) is 5.02 Å². The van der Waals surface area contributed by atoms with Crippen LogP contribution in [0.4, 0.5) is 32.0 Å². The van der Waals surface area contributed by atoms with E-state index in [0.717, 1.165) is 6.21 Å². The van der Waals surface area contributed by atoms with Gasteiger partial charge in [0.25, 0.3) is 0 Å². The Morgan fingerprint density at radius 3 is 2.14 bits per heavy atom. The molecule has 152 valence electrons. The lowest BCUT2D eigenvalue weighted by molar-refractivity contribution is -0.143. The topological polar surface area (TPSA) is 54.6 Å². The van der Waals surface area contributed by atoms with E-state index < -0.39 is 34.8 Å². The number of nitrogens with one attached hydrogen (secondary N) is 1. The quantitative estimate of drug-likeness (QED) is 0.240. The van der Waals surface area contributed by atoms with Crippen LogP contribution < -0.4 is 11.1 Å². The normalized spacial score (nSPS) is 12.7. The fraction of sp³-hybridized carbons (Fsp3) is 0.111. The average molecular weight is 435 g/mol. The van der Waals surface area contributed by atoms with Gasteiger partial charge in [-0.2, -0.15) is 31.4 Å². The summed E-state index contributed by atoms with van der Waals surface area (Å²) in [4.78, 5) is 12.0. The highest BCUT2D eigenvalue weighted by molar-refractivity contribution is 6.37. The molecule has 2 aromatic carbocycles. The van der Waals surface area contributed by atoms with Crippen LogP contribution in [-0.4, -0.2) is 6.21 Å². The van der Waals surface area contributed by atoms with E-state index in [0.29, 0.717) is 17.5 Å². The zero-order chi connectivity index (χ0) is 21.4. The van der Waals surface area contributed by atoms with Crippen molar-refractivity contribution in [3.8, 4) is 0 Å². The monoisotopic (exact) mass is 434 g/mol. The highest BCUT2D eigenvalue weighted by Crippen LogP contribution is 2.37. The molecule has 1 N–H and O–H groups in total. The van der Waals surface area contributed by atoms with Crippen LogP contribution in [0.25, 0.3) is 11.0 Å². The van der Waals surface area contributed by atoms with Crippen molar-refractivity contribution < 1.29 is 30.8 Å². The SMILES string of the molecule is O=c1oc2ccccc2c(Cl)c1/C=N/Nc1cc(C(F)(F)F)cc(C(F)(F)F)c1. The maximum Gasteiger partial charge on any atom is 0.416 e. The molecule has 1 heterocycles. The lowest BCUT2D eigenvalue weighted by Crippen LogP contribution is -2.12. The van der Waals surface area contributed by atoms with Crippen molar-refractivity contribution in [1.82, 2.24) is 0 Å². The van der Waals surface area contributed by atoms with Gasteiger partial charge in [0.2, 0.25) is 0 Å². The first-order chi connectivity index (χ1) is 13.5. The first-order valence-corrected chi connectivity index (χ1v) is 8.14. The molecule has 11 heteroatoms. The van der Waals surface area contributed by atoms with Crippen LogP contribution in [0.1, 0.15) is 16.7 Å². The fourth-order valence-electron chi connectivity index (χ4n) is 2.43. The Labute approximate surface area is 163 Å². The van der Waals surface area contributed by atoms with Gasteiger partial charge in [0.15, 0.2) is 0 Å². The van der Waals surface area contributed by atoms with Gasteiger partial charge in [-0.15, -0.1) is 0 Å². The third-order valence-corrected chi connectivity index (χ3v) is 4.16. The van der Waals surface area contributed by atoms with Crippen LogP contribution in [0.15, 0.2) is 56.8 Å². The molecule has 4 nitrogen and oxygen atoms in total. The molecule has 0 aliphatic carbocycles. The summed E-state index contributed by atoms with van der Waals surface area (Å²) in [7, 11) is 0. The second kappa shape index (κ2) is 7.43. The van der Waals surface area contributed by atoms with E-state index in [4.69, 9.17) is 16.0 Å². The molecule has 3 rings (SSSR count). The lowest BCUT2D eigenvalue weighted by atomic mass is 10.1. The fourth-order valence-corrected chi connectivity index (χ4v) is 2.71. The number of hydrogen-bond acceptors (Lipinski definition) is 4. The summed E-state index contributed by atoms with van der Waals surface area (Å²) in [6.07, 6.45) is -9.14. The number of alkyl halides is 6. The van der Waals surface area contributed by atoms with Gasteiger partial charge in [-0.3, -0.25) is 5.43 Å². The molecule has 29 heavy (non-hydrogen) atoms. The highest BCUT2D eigenvalue weighted by Gasteiger charge is 2.36. The van der Waals surface area contributed by atoms with Crippen molar-refractivity contribution in [3.63, 3.8) is 0 Å². The Hall–Kier alpha value is -3.01. The number of benzene rings is 2. The van der Waals surface area contributed by atoms with E-state index in [1.807, 2.05) is 0 Å². The minimum Gasteiger partial charge on any atom is -0.422 e. The second-order valence-electron chi connectivity index (χ2n) is 5.78. The summed E-state index contributed by atoms with van der Waals surface area (Å²) >= 11 is 6.12. The maximum absolute atomic E-state index is 12.9. The van der Waals surface area contributed by atoms with E-state index >= 15 is 0 Å². The molecule has 0 bridgehead atoms. The van der Waals surface area contributed by atoms with Gasteiger partial charge in [0, 0.05) is 5.39 Å². The first-order valence-electron chi connectivity index (χ1n) is 7.77.